The third-order valence-electron chi connectivity index (χ3n) is 3.92. The number of aromatic nitrogens is 1. The van der Waals surface area contributed by atoms with E-state index in [-0.39, 0.29) is 5.15 Å². The van der Waals surface area contributed by atoms with Crippen LogP contribution in [0.3, 0.4) is 0 Å². The maximum Gasteiger partial charge on any atom is 0.341 e. The molecule has 1 aliphatic rings. The molecule has 116 valence electrons. The molecule has 3 rings (SSSR count). The van der Waals surface area contributed by atoms with E-state index in [1.165, 1.54) is 24.8 Å². The fourth-order valence-corrected chi connectivity index (χ4v) is 3.96. The Morgan fingerprint density at radius 1 is 1.59 bits per heavy atom. The Hall–Kier alpha value is -1.43. The first kappa shape index (κ1) is 15.5. The van der Waals surface area contributed by atoms with Crippen molar-refractivity contribution in [1.82, 2.24) is 9.88 Å². The normalized spacial score (nSPS) is 18.5. The number of methoxy groups -OCH3 is 1. The molecule has 1 unspecified atom stereocenters. The van der Waals surface area contributed by atoms with Crippen LogP contribution in [0.5, 0.6) is 0 Å². The number of rotatable bonds is 4. The molecule has 1 aliphatic heterocycles. The maximum absolute atomic E-state index is 11.7. The van der Waals surface area contributed by atoms with Gasteiger partial charge in [-0.1, -0.05) is 17.7 Å². The molecular weight excluding hydrogens is 320 g/mol. The standard InChI is InChI=1S/C16H17ClN2O2S/c1-21-16(20)12-8-11(9-18-15(12)17)10-19-6-2-4-13(19)14-5-3-7-22-14/h3,5,7-9,13H,2,4,6,10H2,1H3. The van der Waals surface area contributed by atoms with Crippen LogP contribution in [0, 0.1) is 0 Å². The first-order valence-electron chi connectivity index (χ1n) is 7.19. The number of hydrogen-bond acceptors (Lipinski definition) is 5. The number of pyridine rings is 1. The zero-order valence-corrected chi connectivity index (χ0v) is 13.9. The molecule has 4 nitrogen and oxygen atoms in total. The number of nitrogens with zero attached hydrogens (tertiary/aromatic N) is 2. The number of carbonyl (C=O) groups is 1. The molecule has 0 radical (unpaired) electrons. The van der Waals surface area contributed by atoms with Gasteiger partial charge >= 0.3 is 5.97 Å². The molecule has 0 aliphatic carbocycles. The minimum atomic E-state index is -0.449. The fraction of sp³-hybridized carbons (Fsp3) is 0.375. The average Bonchev–Trinajstić information content (AvgIpc) is 3.19. The van der Waals surface area contributed by atoms with Crippen molar-refractivity contribution in [3.63, 3.8) is 0 Å². The molecular formula is C16H17ClN2O2S. The molecule has 0 amide bonds. The molecule has 1 saturated heterocycles. The lowest BCUT2D eigenvalue weighted by atomic mass is 10.1. The van der Waals surface area contributed by atoms with Crippen molar-refractivity contribution < 1.29 is 9.53 Å². The Kier molecular flexibility index (Phi) is 4.76. The van der Waals surface area contributed by atoms with E-state index in [4.69, 9.17) is 16.3 Å². The summed E-state index contributed by atoms with van der Waals surface area (Å²) in [6.45, 7) is 1.81. The van der Waals surface area contributed by atoms with Crippen LogP contribution in [-0.4, -0.2) is 29.5 Å². The molecule has 6 heteroatoms. The smallest absolute Gasteiger partial charge is 0.341 e. The van der Waals surface area contributed by atoms with Crippen LogP contribution in [0.1, 0.15) is 39.7 Å². The van der Waals surface area contributed by atoms with Crippen molar-refractivity contribution >= 4 is 28.9 Å². The lowest BCUT2D eigenvalue weighted by molar-refractivity contribution is 0.0600. The SMILES string of the molecule is COC(=O)c1cc(CN2CCCC2c2cccs2)cnc1Cl. The average molecular weight is 337 g/mol. The Labute approximate surface area is 138 Å². The van der Waals surface area contributed by atoms with Gasteiger partial charge in [0.25, 0.3) is 0 Å². The van der Waals surface area contributed by atoms with Gasteiger partial charge in [-0.2, -0.15) is 0 Å². The zero-order valence-electron chi connectivity index (χ0n) is 12.3. The molecule has 1 atom stereocenters. The summed E-state index contributed by atoms with van der Waals surface area (Å²) in [6, 6.07) is 6.52. The number of thiophene rings is 1. The van der Waals surface area contributed by atoms with E-state index in [1.807, 2.05) is 0 Å². The fourth-order valence-electron chi connectivity index (χ4n) is 2.88. The molecule has 0 aromatic carbocycles. The number of carbonyl (C=O) groups excluding carboxylic acids is 1. The predicted molar refractivity (Wildman–Crippen MR) is 87.3 cm³/mol. The van der Waals surface area contributed by atoms with Crippen LogP contribution in [0.25, 0.3) is 0 Å². The second-order valence-corrected chi connectivity index (χ2v) is 6.65. The summed E-state index contributed by atoms with van der Waals surface area (Å²) in [5.74, 6) is -0.449. The largest absolute Gasteiger partial charge is 0.465 e. The molecule has 0 saturated carbocycles. The molecule has 2 aromatic heterocycles. The quantitative estimate of drug-likeness (QED) is 0.627. The van der Waals surface area contributed by atoms with Gasteiger partial charge in [0.15, 0.2) is 0 Å². The Morgan fingerprint density at radius 2 is 2.45 bits per heavy atom. The van der Waals surface area contributed by atoms with Crippen LogP contribution in [0.2, 0.25) is 5.15 Å². The van der Waals surface area contributed by atoms with E-state index < -0.39 is 5.97 Å². The van der Waals surface area contributed by atoms with Crippen molar-refractivity contribution in [3.05, 3.63) is 50.9 Å². The van der Waals surface area contributed by atoms with Crippen molar-refractivity contribution in [2.75, 3.05) is 13.7 Å². The second kappa shape index (κ2) is 6.77. The summed E-state index contributed by atoms with van der Waals surface area (Å²) in [6.07, 6.45) is 4.09. The van der Waals surface area contributed by atoms with E-state index in [9.17, 15) is 4.79 Å². The van der Waals surface area contributed by atoms with E-state index in [0.29, 0.717) is 11.6 Å². The highest BCUT2D eigenvalue weighted by Gasteiger charge is 2.27. The summed E-state index contributed by atoms with van der Waals surface area (Å²) in [5, 5.41) is 2.30. The summed E-state index contributed by atoms with van der Waals surface area (Å²) >= 11 is 7.77. The number of hydrogen-bond donors (Lipinski definition) is 0. The second-order valence-electron chi connectivity index (χ2n) is 5.32. The lowest BCUT2D eigenvalue weighted by Gasteiger charge is -2.23. The Balaban J connectivity index is 1.79. The minimum absolute atomic E-state index is 0.187. The Morgan fingerprint density at radius 3 is 3.18 bits per heavy atom. The van der Waals surface area contributed by atoms with Crippen molar-refractivity contribution in [3.8, 4) is 0 Å². The first-order valence-corrected chi connectivity index (χ1v) is 8.45. The van der Waals surface area contributed by atoms with Crippen molar-refractivity contribution in [2.24, 2.45) is 0 Å². The molecule has 1 fully saturated rings. The zero-order chi connectivity index (χ0) is 15.5. The highest BCUT2D eigenvalue weighted by Crippen LogP contribution is 2.35. The highest BCUT2D eigenvalue weighted by molar-refractivity contribution is 7.10. The molecule has 2 aromatic rings. The van der Waals surface area contributed by atoms with Crippen LogP contribution < -0.4 is 0 Å². The minimum Gasteiger partial charge on any atom is -0.465 e. The monoisotopic (exact) mass is 336 g/mol. The number of ether oxygens (including phenoxy) is 1. The van der Waals surface area contributed by atoms with E-state index in [2.05, 4.69) is 27.4 Å². The van der Waals surface area contributed by atoms with Crippen molar-refractivity contribution in [2.45, 2.75) is 25.4 Å². The van der Waals surface area contributed by atoms with E-state index >= 15 is 0 Å². The number of halogens is 1. The van der Waals surface area contributed by atoms with Gasteiger partial charge < -0.3 is 4.74 Å². The third kappa shape index (κ3) is 3.16. The molecule has 0 N–H and O–H groups in total. The Bertz CT molecular complexity index is 660. The lowest BCUT2D eigenvalue weighted by Crippen LogP contribution is -2.22. The van der Waals surface area contributed by atoms with E-state index in [1.54, 1.807) is 23.6 Å². The first-order chi connectivity index (χ1) is 10.7. The summed E-state index contributed by atoms with van der Waals surface area (Å²) in [4.78, 5) is 19.7. The number of likely N-dealkylation sites (tertiary alicyclic amines) is 1. The van der Waals surface area contributed by atoms with Crippen molar-refractivity contribution in [1.29, 1.82) is 0 Å². The molecule has 3 heterocycles. The molecule has 0 spiro atoms. The third-order valence-corrected chi connectivity index (χ3v) is 5.20. The van der Waals surface area contributed by atoms with Gasteiger partial charge in [-0.15, -0.1) is 11.3 Å². The van der Waals surface area contributed by atoms with Gasteiger partial charge in [-0.3, -0.25) is 4.90 Å². The van der Waals surface area contributed by atoms with Gasteiger partial charge in [0.1, 0.15) is 5.15 Å². The topological polar surface area (TPSA) is 42.4 Å². The maximum atomic E-state index is 11.7. The van der Waals surface area contributed by atoms with Gasteiger partial charge in [0.2, 0.25) is 0 Å². The molecule has 22 heavy (non-hydrogen) atoms. The highest BCUT2D eigenvalue weighted by atomic mass is 35.5. The van der Waals surface area contributed by atoms with Crippen LogP contribution >= 0.6 is 22.9 Å². The number of esters is 1. The summed E-state index contributed by atoms with van der Waals surface area (Å²) in [7, 11) is 1.35. The van der Waals surface area contributed by atoms with Gasteiger partial charge in [-0.25, -0.2) is 9.78 Å². The van der Waals surface area contributed by atoms with Gasteiger partial charge in [-0.05, 0) is 42.5 Å². The summed E-state index contributed by atoms with van der Waals surface area (Å²) < 4.78 is 4.75. The predicted octanol–water partition coefficient (Wildman–Crippen LogP) is 3.92. The van der Waals surface area contributed by atoms with Crippen LogP contribution in [0.15, 0.2) is 29.8 Å². The summed E-state index contributed by atoms with van der Waals surface area (Å²) in [5.41, 5.74) is 1.31. The van der Waals surface area contributed by atoms with Gasteiger partial charge in [0, 0.05) is 23.7 Å². The molecule has 0 bridgehead atoms. The van der Waals surface area contributed by atoms with Crippen LogP contribution in [-0.2, 0) is 11.3 Å². The van der Waals surface area contributed by atoms with E-state index in [0.717, 1.165) is 18.7 Å². The van der Waals surface area contributed by atoms with Crippen LogP contribution in [0.4, 0.5) is 0 Å². The van der Waals surface area contributed by atoms with Gasteiger partial charge in [0.05, 0.1) is 12.7 Å².